The second kappa shape index (κ2) is 3.21. The molecule has 1 fully saturated rings. The molecule has 0 aromatic rings. The van der Waals surface area contributed by atoms with Crippen LogP contribution in [0.15, 0.2) is 0 Å². The first kappa shape index (κ1) is 7.07. The van der Waals surface area contributed by atoms with E-state index in [0.717, 1.165) is 5.92 Å². The first-order valence-electron chi connectivity index (χ1n) is 4.08. The van der Waals surface area contributed by atoms with Gasteiger partial charge in [0.15, 0.2) is 0 Å². The zero-order valence-corrected chi connectivity index (χ0v) is 6.27. The fourth-order valence-corrected chi connectivity index (χ4v) is 1.70. The minimum Gasteiger partial charge on any atom is -0.328 e. The minimum absolute atomic E-state index is 0.517. The molecule has 0 aliphatic heterocycles. The first-order valence-corrected chi connectivity index (χ1v) is 4.08. The molecule has 0 bridgehead atoms. The van der Waals surface area contributed by atoms with Crippen molar-refractivity contribution in [1.82, 2.24) is 0 Å². The fraction of sp³-hybridized carbons (Fsp3) is 1.00. The average Bonchev–Trinajstić information content (AvgIpc) is 1.88. The lowest BCUT2D eigenvalue weighted by atomic mass is 9.85. The summed E-state index contributed by atoms with van der Waals surface area (Å²) in [7, 11) is 0. The Labute approximate surface area is 57.6 Å². The summed E-state index contributed by atoms with van der Waals surface area (Å²) in [5.74, 6) is 0.939. The van der Waals surface area contributed by atoms with Gasteiger partial charge in [-0.25, -0.2) is 0 Å². The standard InChI is InChI=1S/C8H17N/c1-2-7-4-3-5-8(9)6-7/h7-8H,2-6,9H2,1H3/t7?,8-/m1/s1. The average molecular weight is 127 g/mol. The normalized spacial score (nSPS) is 36.7. The Bertz CT molecular complexity index is 80.6. The van der Waals surface area contributed by atoms with E-state index in [0.29, 0.717) is 6.04 Å². The smallest absolute Gasteiger partial charge is 0.00414 e. The van der Waals surface area contributed by atoms with Crippen LogP contribution in [-0.4, -0.2) is 6.04 Å². The lowest BCUT2D eigenvalue weighted by Crippen LogP contribution is -2.27. The van der Waals surface area contributed by atoms with Crippen molar-refractivity contribution in [3.05, 3.63) is 0 Å². The van der Waals surface area contributed by atoms with E-state index >= 15 is 0 Å². The van der Waals surface area contributed by atoms with E-state index in [4.69, 9.17) is 5.73 Å². The zero-order chi connectivity index (χ0) is 6.69. The molecule has 2 N–H and O–H groups in total. The van der Waals surface area contributed by atoms with Crippen LogP contribution in [0.25, 0.3) is 0 Å². The summed E-state index contributed by atoms with van der Waals surface area (Å²) in [6.07, 6.45) is 6.64. The predicted octanol–water partition coefficient (Wildman–Crippen LogP) is 1.91. The van der Waals surface area contributed by atoms with Crippen LogP contribution in [0.3, 0.4) is 0 Å². The predicted molar refractivity (Wildman–Crippen MR) is 40.2 cm³/mol. The third-order valence-corrected chi connectivity index (χ3v) is 2.40. The highest BCUT2D eigenvalue weighted by Crippen LogP contribution is 2.24. The van der Waals surface area contributed by atoms with Gasteiger partial charge < -0.3 is 5.73 Å². The van der Waals surface area contributed by atoms with Gasteiger partial charge >= 0.3 is 0 Å². The lowest BCUT2D eigenvalue weighted by Gasteiger charge is -2.25. The molecule has 1 aliphatic carbocycles. The van der Waals surface area contributed by atoms with Crippen molar-refractivity contribution in [1.29, 1.82) is 0 Å². The highest BCUT2D eigenvalue weighted by molar-refractivity contribution is 4.73. The molecule has 0 spiro atoms. The van der Waals surface area contributed by atoms with Crippen molar-refractivity contribution < 1.29 is 0 Å². The van der Waals surface area contributed by atoms with Gasteiger partial charge in [0.2, 0.25) is 0 Å². The quantitative estimate of drug-likeness (QED) is 0.572. The third kappa shape index (κ3) is 1.98. The summed E-state index contributed by atoms with van der Waals surface area (Å²) >= 11 is 0. The molecule has 0 aromatic heterocycles. The Morgan fingerprint density at radius 2 is 2.22 bits per heavy atom. The molecule has 1 unspecified atom stereocenters. The van der Waals surface area contributed by atoms with Crippen molar-refractivity contribution in [3.63, 3.8) is 0 Å². The van der Waals surface area contributed by atoms with Gasteiger partial charge in [0.25, 0.3) is 0 Å². The molecule has 1 heteroatoms. The number of hydrogen-bond donors (Lipinski definition) is 1. The molecule has 1 nitrogen and oxygen atoms in total. The van der Waals surface area contributed by atoms with Crippen LogP contribution in [0, 0.1) is 5.92 Å². The maximum Gasteiger partial charge on any atom is 0.00414 e. The van der Waals surface area contributed by atoms with E-state index in [1.54, 1.807) is 0 Å². The largest absolute Gasteiger partial charge is 0.328 e. The first-order chi connectivity index (χ1) is 4.33. The van der Waals surface area contributed by atoms with Crippen LogP contribution in [0.2, 0.25) is 0 Å². The van der Waals surface area contributed by atoms with Crippen LogP contribution in [-0.2, 0) is 0 Å². The molecule has 0 heterocycles. The van der Waals surface area contributed by atoms with E-state index in [9.17, 15) is 0 Å². The maximum absolute atomic E-state index is 5.80. The maximum atomic E-state index is 5.80. The summed E-state index contributed by atoms with van der Waals surface area (Å²) in [6, 6.07) is 0.517. The van der Waals surface area contributed by atoms with Gasteiger partial charge in [0.1, 0.15) is 0 Å². The molecule has 9 heavy (non-hydrogen) atoms. The van der Waals surface area contributed by atoms with Crippen LogP contribution in [0.5, 0.6) is 0 Å². The van der Waals surface area contributed by atoms with Gasteiger partial charge in [-0.05, 0) is 18.8 Å². The monoisotopic (exact) mass is 127 g/mol. The molecule has 54 valence electrons. The summed E-state index contributed by atoms with van der Waals surface area (Å²) in [5.41, 5.74) is 5.80. The Balaban J connectivity index is 2.23. The van der Waals surface area contributed by atoms with Gasteiger partial charge in [-0.2, -0.15) is 0 Å². The fourth-order valence-electron chi connectivity index (χ4n) is 1.70. The van der Waals surface area contributed by atoms with Gasteiger partial charge in [-0.15, -0.1) is 0 Å². The number of rotatable bonds is 1. The van der Waals surface area contributed by atoms with Gasteiger partial charge in [0, 0.05) is 6.04 Å². The second-order valence-corrected chi connectivity index (χ2v) is 3.20. The summed E-state index contributed by atoms with van der Waals surface area (Å²) in [4.78, 5) is 0. The Morgan fingerprint density at radius 3 is 2.67 bits per heavy atom. The van der Waals surface area contributed by atoms with Gasteiger partial charge in [-0.3, -0.25) is 0 Å². The van der Waals surface area contributed by atoms with E-state index in [1.165, 1.54) is 32.1 Å². The third-order valence-electron chi connectivity index (χ3n) is 2.40. The topological polar surface area (TPSA) is 26.0 Å². The van der Waals surface area contributed by atoms with Crippen LogP contribution < -0.4 is 5.73 Å². The van der Waals surface area contributed by atoms with Crippen LogP contribution >= 0.6 is 0 Å². The molecule has 2 atom stereocenters. The molecular formula is C8H17N. The second-order valence-electron chi connectivity index (χ2n) is 3.20. The van der Waals surface area contributed by atoms with E-state index in [2.05, 4.69) is 6.92 Å². The van der Waals surface area contributed by atoms with E-state index in [-0.39, 0.29) is 0 Å². The molecule has 1 rings (SSSR count). The molecule has 0 radical (unpaired) electrons. The molecule has 0 aromatic carbocycles. The minimum atomic E-state index is 0.517. The van der Waals surface area contributed by atoms with Crippen LogP contribution in [0.4, 0.5) is 0 Å². The van der Waals surface area contributed by atoms with Gasteiger partial charge in [0.05, 0.1) is 0 Å². The highest BCUT2D eigenvalue weighted by atomic mass is 14.6. The van der Waals surface area contributed by atoms with E-state index in [1.807, 2.05) is 0 Å². The zero-order valence-electron chi connectivity index (χ0n) is 6.27. The van der Waals surface area contributed by atoms with Gasteiger partial charge in [-0.1, -0.05) is 26.2 Å². The Kier molecular flexibility index (Phi) is 2.52. The molecule has 0 amide bonds. The van der Waals surface area contributed by atoms with Crippen molar-refractivity contribution >= 4 is 0 Å². The Hall–Kier alpha value is -0.0400. The van der Waals surface area contributed by atoms with E-state index < -0.39 is 0 Å². The van der Waals surface area contributed by atoms with Crippen molar-refractivity contribution in [2.75, 3.05) is 0 Å². The summed E-state index contributed by atoms with van der Waals surface area (Å²) < 4.78 is 0. The molecule has 1 aliphatic rings. The van der Waals surface area contributed by atoms with Crippen molar-refractivity contribution in [2.24, 2.45) is 11.7 Å². The lowest BCUT2D eigenvalue weighted by molar-refractivity contribution is 0.315. The number of nitrogens with two attached hydrogens (primary N) is 1. The number of hydrogen-bond acceptors (Lipinski definition) is 1. The van der Waals surface area contributed by atoms with Crippen molar-refractivity contribution in [3.8, 4) is 0 Å². The summed E-state index contributed by atoms with van der Waals surface area (Å²) in [5, 5.41) is 0. The van der Waals surface area contributed by atoms with Crippen LogP contribution in [0.1, 0.15) is 39.0 Å². The SMILES string of the molecule is CCC1CCC[C@@H](N)C1. The molecular weight excluding hydrogens is 110 g/mol. The molecule has 0 saturated heterocycles. The Morgan fingerprint density at radius 1 is 1.44 bits per heavy atom. The summed E-state index contributed by atoms with van der Waals surface area (Å²) in [6.45, 7) is 2.27. The highest BCUT2D eigenvalue weighted by Gasteiger charge is 2.16. The van der Waals surface area contributed by atoms with Crippen molar-refractivity contribution in [2.45, 2.75) is 45.1 Å². The molecule has 1 saturated carbocycles.